The number of hydrogen-bond donors (Lipinski definition) is 1. The highest BCUT2D eigenvalue weighted by molar-refractivity contribution is 8.00. The van der Waals surface area contributed by atoms with Gasteiger partial charge in [0.15, 0.2) is 0 Å². The summed E-state index contributed by atoms with van der Waals surface area (Å²) in [6.45, 7) is 0. The lowest BCUT2D eigenvalue weighted by Crippen LogP contribution is -2.23. The van der Waals surface area contributed by atoms with E-state index in [0.717, 1.165) is 5.92 Å². The number of nitrogens with one attached hydrogen (secondary N) is 1. The van der Waals surface area contributed by atoms with Crippen molar-refractivity contribution in [2.45, 2.75) is 36.9 Å². The summed E-state index contributed by atoms with van der Waals surface area (Å²) in [5, 5.41) is 3.35. The zero-order valence-corrected chi connectivity index (χ0v) is 11.7. The highest BCUT2D eigenvalue weighted by Crippen LogP contribution is 2.37. The van der Waals surface area contributed by atoms with Gasteiger partial charge in [-0.3, -0.25) is 4.79 Å². The lowest BCUT2D eigenvalue weighted by atomic mass is 9.84. The van der Waals surface area contributed by atoms with Crippen molar-refractivity contribution in [3.8, 4) is 0 Å². The van der Waals surface area contributed by atoms with Gasteiger partial charge in [0, 0.05) is 12.3 Å². The molecule has 1 aromatic rings. The minimum atomic E-state index is 0.144. The summed E-state index contributed by atoms with van der Waals surface area (Å²) in [7, 11) is 1.70. The minimum absolute atomic E-state index is 0.144. The fourth-order valence-corrected chi connectivity index (χ4v) is 3.69. The summed E-state index contributed by atoms with van der Waals surface area (Å²) >= 11 is 1.82. The molecular formula is C15H21NOS. The topological polar surface area (TPSA) is 29.1 Å². The maximum Gasteiger partial charge on any atom is 0.229 e. The molecule has 1 aromatic carbocycles. The molecule has 1 aliphatic rings. The monoisotopic (exact) mass is 263 g/mol. The Morgan fingerprint density at radius 1 is 1.22 bits per heavy atom. The van der Waals surface area contributed by atoms with Crippen LogP contribution in [0.1, 0.15) is 37.2 Å². The standard InChI is InChI=1S/C15H21NOS/c1-16-15(17)11-18-14-9-7-13(8-10-14)12-5-3-2-4-6-12/h2-6,13-14H,7-11H2,1H3,(H,16,17). The fourth-order valence-electron chi connectivity index (χ4n) is 2.55. The van der Waals surface area contributed by atoms with Gasteiger partial charge in [0.25, 0.3) is 0 Å². The molecule has 2 rings (SSSR count). The lowest BCUT2D eigenvalue weighted by Gasteiger charge is -2.28. The van der Waals surface area contributed by atoms with E-state index in [9.17, 15) is 4.79 Å². The Morgan fingerprint density at radius 2 is 1.89 bits per heavy atom. The molecule has 0 radical (unpaired) electrons. The van der Waals surface area contributed by atoms with Gasteiger partial charge in [0.2, 0.25) is 5.91 Å². The second kappa shape index (κ2) is 6.83. The van der Waals surface area contributed by atoms with Crippen LogP contribution in [0.5, 0.6) is 0 Å². The largest absolute Gasteiger partial charge is 0.358 e. The zero-order chi connectivity index (χ0) is 12.8. The Morgan fingerprint density at radius 3 is 2.50 bits per heavy atom. The van der Waals surface area contributed by atoms with Crippen molar-refractivity contribution in [3.05, 3.63) is 35.9 Å². The van der Waals surface area contributed by atoms with Crippen LogP contribution >= 0.6 is 11.8 Å². The highest BCUT2D eigenvalue weighted by atomic mass is 32.2. The van der Waals surface area contributed by atoms with Crippen molar-refractivity contribution in [2.24, 2.45) is 0 Å². The number of carbonyl (C=O) groups is 1. The Labute approximate surface area is 114 Å². The smallest absolute Gasteiger partial charge is 0.229 e. The number of amides is 1. The normalized spacial score (nSPS) is 23.6. The van der Waals surface area contributed by atoms with Crippen LogP contribution in [-0.2, 0) is 4.79 Å². The Balaban J connectivity index is 1.76. The van der Waals surface area contributed by atoms with Crippen molar-refractivity contribution >= 4 is 17.7 Å². The van der Waals surface area contributed by atoms with E-state index in [4.69, 9.17) is 0 Å². The summed E-state index contributed by atoms with van der Waals surface area (Å²) in [6, 6.07) is 10.8. The van der Waals surface area contributed by atoms with Crippen LogP contribution in [0.15, 0.2) is 30.3 Å². The first kappa shape index (κ1) is 13.5. The molecule has 0 aliphatic heterocycles. The second-order valence-electron chi connectivity index (χ2n) is 4.87. The molecule has 1 fully saturated rings. The number of hydrogen-bond acceptors (Lipinski definition) is 2. The van der Waals surface area contributed by atoms with E-state index in [-0.39, 0.29) is 5.91 Å². The van der Waals surface area contributed by atoms with Crippen LogP contribution in [-0.4, -0.2) is 24.0 Å². The lowest BCUT2D eigenvalue weighted by molar-refractivity contribution is -0.118. The summed E-state index contributed by atoms with van der Waals surface area (Å²) < 4.78 is 0. The SMILES string of the molecule is CNC(=O)CSC1CCC(c2ccccc2)CC1. The first-order valence-electron chi connectivity index (χ1n) is 6.66. The number of thioether (sulfide) groups is 1. The first-order chi connectivity index (χ1) is 8.79. The predicted molar refractivity (Wildman–Crippen MR) is 78.0 cm³/mol. The van der Waals surface area contributed by atoms with Crippen LogP contribution in [0.3, 0.4) is 0 Å². The summed E-state index contributed by atoms with van der Waals surface area (Å²) in [5.41, 5.74) is 1.48. The third kappa shape index (κ3) is 3.77. The van der Waals surface area contributed by atoms with E-state index >= 15 is 0 Å². The van der Waals surface area contributed by atoms with Gasteiger partial charge in [-0.25, -0.2) is 0 Å². The molecule has 2 nitrogen and oxygen atoms in total. The molecule has 98 valence electrons. The maximum atomic E-state index is 11.2. The van der Waals surface area contributed by atoms with Gasteiger partial charge in [-0.05, 0) is 37.2 Å². The molecule has 0 spiro atoms. The summed E-state index contributed by atoms with van der Waals surface area (Å²) in [5.74, 6) is 1.48. The van der Waals surface area contributed by atoms with E-state index in [1.807, 2.05) is 11.8 Å². The van der Waals surface area contributed by atoms with Crippen molar-refractivity contribution in [3.63, 3.8) is 0 Å². The van der Waals surface area contributed by atoms with E-state index in [1.165, 1.54) is 31.2 Å². The first-order valence-corrected chi connectivity index (χ1v) is 7.71. The van der Waals surface area contributed by atoms with Crippen molar-refractivity contribution < 1.29 is 4.79 Å². The number of rotatable bonds is 4. The van der Waals surface area contributed by atoms with E-state index in [1.54, 1.807) is 7.05 Å². The third-order valence-electron chi connectivity index (χ3n) is 3.67. The van der Waals surface area contributed by atoms with Gasteiger partial charge in [-0.15, -0.1) is 11.8 Å². The fraction of sp³-hybridized carbons (Fsp3) is 0.533. The number of carbonyl (C=O) groups excluding carboxylic acids is 1. The highest BCUT2D eigenvalue weighted by Gasteiger charge is 2.22. The maximum absolute atomic E-state index is 11.2. The molecule has 0 bridgehead atoms. The molecule has 3 heteroatoms. The van der Waals surface area contributed by atoms with Crippen molar-refractivity contribution in [2.75, 3.05) is 12.8 Å². The van der Waals surface area contributed by atoms with Gasteiger partial charge in [0.1, 0.15) is 0 Å². The average molecular weight is 263 g/mol. The molecule has 0 saturated heterocycles. The Bertz CT molecular complexity index is 371. The minimum Gasteiger partial charge on any atom is -0.358 e. The van der Waals surface area contributed by atoms with Crippen molar-refractivity contribution in [1.82, 2.24) is 5.32 Å². The molecule has 18 heavy (non-hydrogen) atoms. The van der Waals surface area contributed by atoms with Crippen LogP contribution < -0.4 is 5.32 Å². The summed E-state index contributed by atoms with van der Waals surface area (Å²) in [6.07, 6.45) is 4.99. The van der Waals surface area contributed by atoms with Crippen LogP contribution in [0.4, 0.5) is 0 Å². The van der Waals surface area contributed by atoms with Crippen LogP contribution in [0, 0.1) is 0 Å². The Kier molecular flexibility index (Phi) is 5.12. The van der Waals surface area contributed by atoms with Gasteiger partial charge in [-0.2, -0.15) is 0 Å². The van der Waals surface area contributed by atoms with Crippen LogP contribution in [0.25, 0.3) is 0 Å². The Hall–Kier alpha value is -0.960. The molecule has 1 aliphatic carbocycles. The molecule has 0 unspecified atom stereocenters. The second-order valence-corrected chi connectivity index (χ2v) is 6.16. The predicted octanol–water partition coefficient (Wildman–Crippen LogP) is 3.19. The van der Waals surface area contributed by atoms with Gasteiger partial charge >= 0.3 is 0 Å². The van der Waals surface area contributed by atoms with Crippen molar-refractivity contribution in [1.29, 1.82) is 0 Å². The molecule has 0 aromatic heterocycles. The van der Waals surface area contributed by atoms with Crippen LogP contribution in [0.2, 0.25) is 0 Å². The molecule has 1 saturated carbocycles. The zero-order valence-electron chi connectivity index (χ0n) is 10.9. The number of benzene rings is 1. The molecule has 1 N–H and O–H groups in total. The van der Waals surface area contributed by atoms with Gasteiger partial charge in [0.05, 0.1) is 5.75 Å². The third-order valence-corrected chi connectivity index (χ3v) is 5.05. The van der Waals surface area contributed by atoms with E-state index < -0.39 is 0 Å². The summed E-state index contributed by atoms with van der Waals surface area (Å²) in [4.78, 5) is 11.2. The molecule has 0 atom stereocenters. The van der Waals surface area contributed by atoms with Gasteiger partial charge < -0.3 is 5.32 Å². The molecule has 0 heterocycles. The van der Waals surface area contributed by atoms with E-state index in [0.29, 0.717) is 11.0 Å². The molecule has 1 amide bonds. The van der Waals surface area contributed by atoms with Gasteiger partial charge in [-0.1, -0.05) is 30.3 Å². The molecular weight excluding hydrogens is 242 g/mol. The van der Waals surface area contributed by atoms with E-state index in [2.05, 4.69) is 35.6 Å². The average Bonchev–Trinajstić information content (AvgIpc) is 2.46. The quantitative estimate of drug-likeness (QED) is 0.904.